The topological polar surface area (TPSA) is 29.5 Å². The van der Waals surface area contributed by atoms with Crippen LogP contribution in [0.25, 0.3) is 0 Å². The van der Waals surface area contributed by atoms with Gasteiger partial charge in [-0.25, -0.2) is 0 Å². The van der Waals surface area contributed by atoms with Gasteiger partial charge in [-0.3, -0.25) is 0 Å². The second-order valence-electron chi connectivity index (χ2n) is 2.27. The number of aliphatic hydroxyl groups is 1. The van der Waals surface area contributed by atoms with Crippen molar-refractivity contribution < 1.29 is 9.84 Å². The Labute approximate surface area is 74.2 Å². The lowest BCUT2D eigenvalue weighted by atomic mass is 10.3. The summed E-state index contributed by atoms with van der Waals surface area (Å²) in [4.78, 5) is 0. The fourth-order valence-electron chi connectivity index (χ4n) is 0.585. The van der Waals surface area contributed by atoms with Crippen LogP contribution in [0.2, 0.25) is 0 Å². The van der Waals surface area contributed by atoms with Crippen LogP contribution in [0.5, 0.6) is 0 Å². The minimum atomic E-state index is 0.0743. The van der Waals surface area contributed by atoms with Crippen LogP contribution in [-0.2, 0) is 4.74 Å². The standard InChI is InChI=1S/C10H16O2/c1-2-3-4-6-9-12-10-7-5-8-11/h5,7,11H,2-3,8-10H2,1H3/b7-5-. The van der Waals surface area contributed by atoms with E-state index in [2.05, 4.69) is 18.8 Å². The van der Waals surface area contributed by atoms with Crippen molar-refractivity contribution in [3.05, 3.63) is 12.2 Å². The van der Waals surface area contributed by atoms with E-state index in [0.717, 1.165) is 12.8 Å². The molecule has 0 unspecified atom stereocenters. The van der Waals surface area contributed by atoms with E-state index in [1.165, 1.54) is 0 Å². The number of hydrogen-bond acceptors (Lipinski definition) is 2. The van der Waals surface area contributed by atoms with Gasteiger partial charge in [-0.1, -0.05) is 25.0 Å². The fraction of sp³-hybridized carbons (Fsp3) is 0.600. The first-order valence-electron chi connectivity index (χ1n) is 4.21. The number of unbranched alkanes of at least 4 members (excludes halogenated alkanes) is 1. The molecule has 0 fully saturated rings. The fourth-order valence-corrected chi connectivity index (χ4v) is 0.585. The molecule has 68 valence electrons. The summed E-state index contributed by atoms with van der Waals surface area (Å²) in [6.07, 6.45) is 5.47. The lowest BCUT2D eigenvalue weighted by molar-refractivity contribution is 0.198. The van der Waals surface area contributed by atoms with Gasteiger partial charge >= 0.3 is 0 Å². The Bertz CT molecular complexity index is 162. The lowest BCUT2D eigenvalue weighted by Gasteiger charge is -1.91. The molecule has 0 atom stereocenters. The Morgan fingerprint density at radius 3 is 2.83 bits per heavy atom. The number of ether oxygens (including phenoxy) is 1. The van der Waals surface area contributed by atoms with Gasteiger partial charge in [-0.05, 0) is 6.42 Å². The summed E-state index contributed by atoms with van der Waals surface area (Å²) in [5, 5.41) is 8.37. The first-order valence-corrected chi connectivity index (χ1v) is 4.21. The van der Waals surface area contributed by atoms with Crippen LogP contribution in [0.4, 0.5) is 0 Å². The smallest absolute Gasteiger partial charge is 0.108 e. The molecule has 0 aromatic heterocycles. The molecule has 0 aliphatic heterocycles. The number of hydrogen-bond donors (Lipinski definition) is 1. The molecule has 0 rings (SSSR count). The highest BCUT2D eigenvalue weighted by Gasteiger charge is 1.77. The highest BCUT2D eigenvalue weighted by molar-refractivity contribution is 4.98. The van der Waals surface area contributed by atoms with E-state index >= 15 is 0 Å². The SMILES string of the molecule is CCCC#CCOC/C=C\CO. The van der Waals surface area contributed by atoms with E-state index in [4.69, 9.17) is 9.84 Å². The minimum absolute atomic E-state index is 0.0743. The van der Waals surface area contributed by atoms with Crippen molar-refractivity contribution in [1.29, 1.82) is 0 Å². The van der Waals surface area contributed by atoms with Gasteiger partial charge in [0, 0.05) is 6.42 Å². The Kier molecular flexibility index (Phi) is 9.56. The predicted molar refractivity (Wildman–Crippen MR) is 49.7 cm³/mol. The molecule has 0 aliphatic rings. The summed E-state index contributed by atoms with van der Waals surface area (Å²) >= 11 is 0. The van der Waals surface area contributed by atoms with E-state index in [9.17, 15) is 0 Å². The average molecular weight is 168 g/mol. The predicted octanol–water partition coefficient (Wildman–Crippen LogP) is 1.35. The third-order valence-corrected chi connectivity index (χ3v) is 1.16. The van der Waals surface area contributed by atoms with Gasteiger partial charge < -0.3 is 9.84 Å². The summed E-state index contributed by atoms with van der Waals surface area (Å²) in [5.74, 6) is 5.87. The van der Waals surface area contributed by atoms with Crippen LogP contribution in [0.15, 0.2) is 12.2 Å². The van der Waals surface area contributed by atoms with Crippen molar-refractivity contribution in [3.8, 4) is 11.8 Å². The molecule has 2 heteroatoms. The van der Waals surface area contributed by atoms with Gasteiger partial charge in [0.1, 0.15) is 6.61 Å². The molecular formula is C10H16O2. The molecular weight excluding hydrogens is 152 g/mol. The highest BCUT2D eigenvalue weighted by atomic mass is 16.5. The van der Waals surface area contributed by atoms with Crippen molar-refractivity contribution in [1.82, 2.24) is 0 Å². The normalized spacial score (nSPS) is 9.83. The molecule has 0 radical (unpaired) electrons. The molecule has 0 aromatic carbocycles. The third kappa shape index (κ3) is 9.22. The molecule has 0 aromatic rings. The quantitative estimate of drug-likeness (QED) is 0.381. The molecule has 1 N–H and O–H groups in total. The van der Waals surface area contributed by atoms with Crippen LogP contribution >= 0.6 is 0 Å². The van der Waals surface area contributed by atoms with E-state index in [0.29, 0.717) is 13.2 Å². The van der Waals surface area contributed by atoms with Crippen molar-refractivity contribution in [2.75, 3.05) is 19.8 Å². The largest absolute Gasteiger partial charge is 0.392 e. The van der Waals surface area contributed by atoms with Crippen molar-refractivity contribution in [2.45, 2.75) is 19.8 Å². The van der Waals surface area contributed by atoms with Gasteiger partial charge in [-0.2, -0.15) is 0 Å². The van der Waals surface area contributed by atoms with Crippen LogP contribution in [0, 0.1) is 11.8 Å². The van der Waals surface area contributed by atoms with Crippen molar-refractivity contribution >= 4 is 0 Å². The molecule has 0 amide bonds. The zero-order valence-electron chi connectivity index (χ0n) is 7.55. The van der Waals surface area contributed by atoms with E-state index < -0.39 is 0 Å². The van der Waals surface area contributed by atoms with Gasteiger partial charge in [-0.15, -0.1) is 5.92 Å². The molecule has 0 heterocycles. The lowest BCUT2D eigenvalue weighted by Crippen LogP contribution is -1.91. The monoisotopic (exact) mass is 168 g/mol. The number of rotatable bonds is 5. The third-order valence-electron chi connectivity index (χ3n) is 1.16. The number of aliphatic hydroxyl groups excluding tert-OH is 1. The molecule has 0 saturated carbocycles. The molecule has 0 aliphatic carbocycles. The summed E-state index contributed by atoms with van der Waals surface area (Å²) in [6, 6.07) is 0. The maximum Gasteiger partial charge on any atom is 0.108 e. The minimum Gasteiger partial charge on any atom is -0.392 e. The average Bonchev–Trinajstić information content (AvgIpc) is 2.10. The second-order valence-corrected chi connectivity index (χ2v) is 2.27. The van der Waals surface area contributed by atoms with Crippen LogP contribution in [-0.4, -0.2) is 24.9 Å². The van der Waals surface area contributed by atoms with Gasteiger partial charge in [0.25, 0.3) is 0 Å². The van der Waals surface area contributed by atoms with E-state index in [-0.39, 0.29) is 6.61 Å². The van der Waals surface area contributed by atoms with Crippen LogP contribution < -0.4 is 0 Å². The first-order chi connectivity index (χ1) is 5.91. The molecule has 2 nitrogen and oxygen atoms in total. The highest BCUT2D eigenvalue weighted by Crippen LogP contribution is 1.81. The first kappa shape index (κ1) is 11.2. The Hall–Kier alpha value is -0.780. The molecule has 12 heavy (non-hydrogen) atoms. The van der Waals surface area contributed by atoms with Gasteiger partial charge in [0.2, 0.25) is 0 Å². The summed E-state index contributed by atoms with van der Waals surface area (Å²) in [6.45, 7) is 3.18. The summed E-state index contributed by atoms with van der Waals surface area (Å²) < 4.78 is 5.11. The van der Waals surface area contributed by atoms with E-state index in [1.807, 2.05) is 0 Å². The zero-order valence-corrected chi connectivity index (χ0v) is 7.55. The van der Waals surface area contributed by atoms with Crippen molar-refractivity contribution in [2.24, 2.45) is 0 Å². The Balaban J connectivity index is 3.11. The Morgan fingerprint density at radius 1 is 1.33 bits per heavy atom. The van der Waals surface area contributed by atoms with Gasteiger partial charge in [0.05, 0.1) is 13.2 Å². The zero-order chi connectivity index (χ0) is 9.07. The van der Waals surface area contributed by atoms with Gasteiger partial charge in [0.15, 0.2) is 0 Å². The maximum absolute atomic E-state index is 8.37. The second kappa shape index (κ2) is 10.2. The summed E-state index contributed by atoms with van der Waals surface area (Å²) in [7, 11) is 0. The molecule has 0 bridgehead atoms. The van der Waals surface area contributed by atoms with E-state index in [1.54, 1.807) is 12.2 Å². The van der Waals surface area contributed by atoms with Crippen LogP contribution in [0.3, 0.4) is 0 Å². The van der Waals surface area contributed by atoms with Crippen LogP contribution in [0.1, 0.15) is 19.8 Å². The Morgan fingerprint density at radius 2 is 2.17 bits per heavy atom. The molecule has 0 saturated heterocycles. The maximum atomic E-state index is 8.37. The molecule has 0 spiro atoms. The van der Waals surface area contributed by atoms with Crippen molar-refractivity contribution in [3.63, 3.8) is 0 Å². The summed E-state index contributed by atoms with van der Waals surface area (Å²) in [5.41, 5.74) is 0.